The van der Waals surface area contributed by atoms with Crippen molar-refractivity contribution < 1.29 is 13.6 Å². The van der Waals surface area contributed by atoms with E-state index in [4.69, 9.17) is 0 Å². The first-order chi connectivity index (χ1) is 7.67. The normalized spacial score (nSPS) is 11.2. The van der Waals surface area contributed by atoms with Gasteiger partial charge in [0.1, 0.15) is 5.82 Å². The summed E-state index contributed by atoms with van der Waals surface area (Å²) < 4.78 is 25.7. The topological polar surface area (TPSA) is 45.8 Å². The van der Waals surface area contributed by atoms with Crippen LogP contribution in [0.25, 0.3) is 11.0 Å². The molecule has 0 amide bonds. The van der Waals surface area contributed by atoms with Gasteiger partial charge in [-0.3, -0.25) is 4.79 Å². The van der Waals surface area contributed by atoms with Crippen molar-refractivity contribution in [2.24, 2.45) is 0 Å². The lowest BCUT2D eigenvalue weighted by atomic mass is 10.1. The quantitative estimate of drug-likeness (QED) is 0.696. The van der Waals surface area contributed by atoms with Crippen molar-refractivity contribution >= 4 is 33.2 Å². The van der Waals surface area contributed by atoms with Gasteiger partial charge in [-0.15, -0.1) is 0 Å². The molecule has 1 N–H and O–H groups in total. The number of nitrogens with one attached hydrogen (secondary N) is 1. The largest absolute Gasteiger partial charge is 0.341 e. The van der Waals surface area contributed by atoms with Gasteiger partial charge in [0, 0.05) is 5.56 Å². The number of H-pyrrole nitrogens is 1. The summed E-state index contributed by atoms with van der Waals surface area (Å²) in [5.74, 6) is 0.556. The summed E-state index contributed by atoms with van der Waals surface area (Å²) in [6.07, 6.45) is -2.29. The molecular weight excluding hydrogens is 282 g/mol. The average molecular weight is 289 g/mol. The van der Waals surface area contributed by atoms with Crippen LogP contribution in [-0.4, -0.2) is 16.3 Å². The molecular formula is C10H7BrF2N2O. The molecule has 6 heteroatoms. The molecule has 0 saturated heterocycles. The molecule has 0 atom stereocenters. The van der Waals surface area contributed by atoms with Crippen LogP contribution in [-0.2, 0) is 5.33 Å². The van der Waals surface area contributed by atoms with Crippen molar-refractivity contribution in [1.82, 2.24) is 9.97 Å². The van der Waals surface area contributed by atoms with Crippen molar-refractivity contribution in [3.8, 4) is 0 Å². The summed E-state index contributed by atoms with van der Waals surface area (Å²) in [4.78, 5) is 17.6. The summed E-state index contributed by atoms with van der Waals surface area (Å²) in [6, 6.07) is 2.94. The number of carbonyl (C=O) groups is 1. The molecule has 0 aliphatic carbocycles. The van der Waals surface area contributed by atoms with Crippen LogP contribution in [0.2, 0.25) is 0 Å². The number of alkyl halides is 3. The Morgan fingerprint density at radius 2 is 2.25 bits per heavy atom. The lowest BCUT2D eigenvalue weighted by molar-refractivity contribution is 0.110. The monoisotopic (exact) mass is 288 g/mol. The van der Waals surface area contributed by atoms with Crippen molar-refractivity contribution in [2.75, 3.05) is 0 Å². The van der Waals surface area contributed by atoms with Gasteiger partial charge >= 0.3 is 0 Å². The zero-order valence-electron chi connectivity index (χ0n) is 8.01. The highest BCUT2D eigenvalue weighted by atomic mass is 79.9. The molecule has 16 heavy (non-hydrogen) atoms. The summed E-state index contributed by atoms with van der Waals surface area (Å²) in [6.45, 7) is 0. The van der Waals surface area contributed by atoms with Crippen LogP contribution in [0.1, 0.15) is 28.2 Å². The number of aromatic amines is 1. The van der Waals surface area contributed by atoms with Crippen LogP contribution in [0.4, 0.5) is 8.78 Å². The predicted octanol–water partition coefficient (Wildman–Crippen LogP) is 3.21. The second-order valence-corrected chi connectivity index (χ2v) is 3.76. The third-order valence-corrected chi connectivity index (χ3v) is 2.78. The Balaban J connectivity index is 2.77. The van der Waals surface area contributed by atoms with E-state index in [1.165, 1.54) is 6.07 Å². The molecule has 84 valence electrons. The Kier molecular flexibility index (Phi) is 3.00. The molecule has 0 unspecified atom stereocenters. The van der Waals surface area contributed by atoms with Gasteiger partial charge in [0.25, 0.3) is 6.43 Å². The zero-order chi connectivity index (χ0) is 11.7. The van der Waals surface area contributed by atoms with E-state index in [1.54, 1.807) is 6.07 Å². The van der Waals surface area contributed by atoms with Crippen LogP contribution in [0.3, 0.4) is 0 Å². The van der Waals surface area contributed by atoms with Crippen molar-refractivity contribution in [3.63, 3.8) is 0 Å². The van der Waals surface area contributed by atoms with E-state index in [0.717, 1.165) is 0 Å². The number of hydrogen-bond acceptors (Lipinski definition) is 2. The van der Waals surface area contributed by atoms with Gasteiger partial charge in [0.15, 0.2) is 6.29 Å². The number of halogens is 3. The fourth-order valence-electron chi connectivity index (χ4n) is 1.56. The highest BCUT2D eigenvalue weighted by Crippen LogP contribution is 2.29. The third kappa shape index (κ3) is 1.73. The molecule has 0 bridgehead atoms. The van der Waals surface area contributed by atoms with Gasteiger partial charge in [-0.05, 0) is 12.1 Å². The Labute approximate surface area is 98.0 Å². The van der Waals surface area contributed by atoms with E-state index in [2.05, 4.69) is 25.9 Å². The first-order valence-corrected chi connectivity index (χ1v) is 5.60. The fraction of sp³-hybridized carbons (Fsp3) is 0.200. The van der Waals surface area contributed by atoms with Gasteiger partial charge in [0.05, 0.1) is 21.9 Å². The number of nitrogens with zero attached hydrogens (tertiary/aromatic N) is 1. The van der Waals surface area contributed by atoms with E-state index in [-0.39, 0.29) is 16.6 Å². The highest BCUT2D eigenvalue weighted by Gasteiger charge is 2.19. The van der Waals surface area contributed by atoms with E-state index >= 15 is 0 Å². The Morgan fingerprint density at radius 1 is 1.50 bits per heavy atom. The van der Waals surface area contributed by atoms with Crippen LogP contribution in [0.15, 0.2) is 12.1 Å². The SMILES string of the molecule is O=Cc1ccc2[nH]c(CBr)nc2c1C(F)F. The number of carbonyl (C=O) groups excluding carboxylic acids is 1. The number of aldehydes is 1. The molecule has 0 spiro atoms. The van der Waals surface area contributed by atoms with Gasteiger partial charge in [-0.2, -0.15) is 0 Å². The molecule has 2 aromatic rings. The molecule has 0 aliphatic rings. The second-order valence-electron chi connectivity index (χ2n) is 3.20. The molecule has 0 fully saturated rings. The smallest absolute Gasteiger partial charge is 0.266 e. The Hall–Kier alpha value is -1.30. The standard InChI is InChI=1S/C10H7BrF2N2O/c11-3-7-14-6-2-1-5(4-16)8(10(12)13)9(6)15-7/h1-2,4,10H,3H2,(H,14,15). The van der Waals surface area contributed by atoms with Crippen molar-refractivity contribution in [2.45, 2.75) is 11.8 Å². The van der Waals surface area contributed by atoms with Gasteiger partial charge in [-0.1, -0.05) is 15.9 Å². The maximum Gasteiger partial charge on any atom is 0.266 e. The number of rotatable bonds is 3. The third-order valence-electron chi connectivity index (χ3n) is 2.25. The van der Waals surface area contributed by atoms with Crippen molar-refractivity contribution in [3.05, 3.63) is 29.1 Å². The Morgan fingerprint density at radius 3 is 2.81 bits per heavy atom. The summed E-state index contributed by atoms with van der Waals surface area (Å²) in [5.41, 5.74) is 0.343. The summed E-state index contributed by atoms with van der Waals surface area (Å²) in [7, 11) is 0. The number of benzene rings is 1. The molecule has 0 radical (unpaired) electrons. The van der Waals surface area contributed by atoms with Crippen LogP contribution in [0, 0.1) is 0 Å². The highest BCUT2D eigenvalue weighted by molar-refractivity contribution is 9.08. The van der Waals surface area contributed by atoms with E-state index < -0.39 is 6.43 Å². The number of fused-ring (bicyclic) bond motifs is 1. The number of hydrogen-bond donors (Lipinski definition) is 1. The molecule has 3 nitrogen and oxygen atoms in total. The number of imidazole rings is 1. The van der Waals surface area contributed by atoms with Crippen LogP contribution in [0.5, 0.6) is 0 Å². The molecule has 0 saturated carbocycles. The zero-order valence-corrected chi connectivity index (χ0v) is 9.59. The molecule has 2 rings (SSSR count). The molecule has 1 aromatic heterocycles. The molecule has 1 aromatic carbocycles. The van der Waals surface area contributed by atoms with Crippen molar-refractivity contribution in [1.29, 1.82) is 0 Å². The van der Waals surface area contributed by atoms with E-state index in [9.17, 15) is 13.6 Å². The average Bonchev–Trinajstić information content (AvgIpc) is 2.69. The minimum atomic E-state index is -2.71. The fourth-order valence-corrected chi connectivity index (χ4v) is 1.82. The predicted molar refractivity (Wildman–Crippen MR) is 59.1 cm³/mol. The second kappa shape index (κ2) is 4.29. The Bertz CT molecular complexity index is 539. The molecule has 1 heterocycles. The van der Waals surface area contributed by atoms with Crippen LogP contribution < -0.4 is 0 Å². The van der Waals surface area contributed by atoms with E-state index in [0.29, 0.717) is 23.0 Å². The first kappa shape index (κ1) is 11.2. The van der Waals surface area contributed by atoms with E-state index in [1.807, 2.05) is 0 Å². The van der Waals surface area contributed by atoms with Crippen LogP contribution >= 0.6 is 15.9 Å². The minimum absolute atomic E-state index is 0.0184. The minimum Gasteiger partial charge on any atom is -0.341 e. The van der Waals surface area contributed by atoms with Gasteiger partial charge < -0.3 is 4.98 Å². The maximum absolute atomic E-state index is 12.8. The summed E-state index contributed by atoms with van der Waals surface area (Å²) in [5, 5.41) is 0.445. The van der Waals surface area contributed by atoms with Gasteiger partial charge in [-0.25, -0.2) is 13.8 Å². The molecule has 0 aliphatic heterocycles. The number of aromatic nitrogens is 2. The van der Waals surface area contributed by atoms with Gasteiger partial charge in [0.2, 0.25) is 0 Å². The summed E-state index contributed by atoms with van der Waals surface area (Å²) >= 11 is 3.18. The lowest BCUT2D eigenvalue weighted by Crippen LogP contribution is -1.94. The first-order valence-electron chi connectivity index (χ1n) is 4.48. The maximum atomic E-state index is 12.8. The lowest BCUT2D eigenvalue weighted by Gasteiger charge is -2.03.